The lowest BCUT2D eigenvalue weighted by molar-refractivity contribution is 0.104. The molecule has 0 saturated carbocycles. The Morgan fingerprint density at radius 1 is 1.60 bits per heavy atom. The lowest BCUT2D eigenvalue weighted by Gasteiger charge is -2.06. The number of nitrogens with two attached hydrogens (primary N) is 1. The van der Waals surface area contributed by atoms with Crippen molar-refractivity contribution in [2.75, 3.05) is 6.61 Å². The average molecular weight is 227 g/mol. The third-order valence-corrected chi connectivity index (χ3v) is 3.76. The van der Waals surface area contributed by atoms with Crippen LogP contribution in [0.3, 0.4) is 0 Å². The molecule has 1 aromatic heterocycles. The van der Waals surface area contributed by atoms with E-state index in [1.54, 1.807) is 11.3 Å². The van der Waals surface area contributed by atoms with Gasteiger partial charge in [0.1, 0.15) is 10.0 Å². The molecule has 1 aliphatic rings. The molecule has 4 nitrogen and oxygen atoms in total. The summed E-state index contributed by atoms with van der Waals surface area (Å²) in [6.45, 7) is 2.86. The summed E-state index contributed by atoms with van der Waals surface area (Å²) in [4.78, 5) is 0. The molecule has 0 spiro atoms. The molecule has 0 aliphatic carbocycles. The number of nitrogens with zero attached hydrogens (tertiary/aromatic N) is 2. The van der Waals surface area contributed by atoms with Crippen LogP contribution in [0.2, 0.25) is 0 Å². The van der Waals surface area contributed by atoms with Gasteiger partial charge < -0.3 is 10.5 Å². The zero-order chi connectivity index (χ0) is 10.7. The molecule has 84 valence electrons. The second-order valence-electron chi connectivity index (χ2n) is 4.00. The number of aryl methyl sites for hydroxylation is 1. The van der Waals surface area contributed by atoms with E-state index in [1.165, 1.54) is 12.8 Å². The van der Waals surface area contributed by atoms with Gasteiger partial charge in [-0.05, 0) is 26.2 Å². The maximum atomic E-state index is 5.73. The first-order chi connectivity index (χ1) is 7.25. The molecule has 0 radical (unpaired) electrons. The number of hydrogen-bond acceptors (Lipinski definition) is 5. The van der Waals surface area contributed by atoms with Crippen molar-refractivity contribution in [1.82, 2.24) is 10.2 Å². The van der Waals surface area contributed by atoms with Crippen molar-refractivity contribution in [2.45, 2.75) is 44.8 Å². The van der Waals surface area contributed by atoms with Crippen LogP contribution in [-0.4, -0.2) is 22.9 Å². The highest BCUT2D eigenvalue weighted by atomic mass is 32.1. The highest BCUT2D eigenvalue weighted by Gasteiger charge is 2.16. The van der Waals surface area contributed by atoms with Gasteiger partial charge in [-0.1, -0.05) is 11.3 Å². The molecule has 1 aliphatic heterocycles. The quantitative estimate of drug-likeness (QED) is 0.850. The van der Waals surface area contributed by atoms with E-state index in [-0.39, 0.29) is 6.04 Å². The molecule has 2 rings (SSSR count). The summed E-state index contributed by atoms with van der Waals surface area (Å²) in [7, 11) is 0. The van der Waals surface area contributed by atoms with Gasteiger partial charge in [0.25, 0.3) is 0 Å². The summed E-state index contributed by atoms with van der Waals surface area (Å²) in [5, 5.41) is 10.2. The third kappa shape index (κ3) is 2.96. The Bertz CT molecular complexity index is 307. The predicted molar refractivity (Wildman–Crippen MR) is 59.8 cm³/mol. The van der Waals surface area contributed by atoms with E-state index < -0.39 is 0 Å². The first kappa shape index (κ1) is 11.0. The average Bonchev–Trinajstić information content (AvgIpc) is 2.86. The van der Waals surface area contributed by atoms with Crippen LogP contribution in [0.25, 0.3) is 0 Å². The Hall–Kier alpha value is -0.520. The summed E-state index contributed by atoms with van der Waals surface area (Å²) in [5.74, 6) is 0. The Labute approximate surface area is 93.8 Å². The van der Waals surface area contributed by atoms with E-state index in [2.05, 4.69) is 10.2 Å². The summed E-state index contributed by atoms with van der Waals surface area (Å²) in [5.41, 5.74) is 5.73. The van der Waals surface area contributed by atoms with E-state index in [0.29, 0.717) is 6.10 Å². The molecule has 15 heavy (non-hydrogen) atoms. The fourth-order valence-corrected chi connectivity index (χ4v) is 2.52. The van der Waals surface area contributed by atoms with Crippen molar-refractivity contribution < 1.29 is 4.74 Å². The van der Waals surface area contributed by atoms with Crippen molar-refractivity contribution in [3.05, 3.63) is 10.0 Å². The van der Waals surface area contributed by atoms with Crippen LogP contribution >= 0.6 is 11.3 Å². The van der Waals surface area contributed by atoms with Gasteiger partial charge in [0, 0.05) is 13.0 Å². The first-order valence-corrected chi connectivity index (χ1v) is 6.27. The van der Waals surface area contributed by atoms with Gasteiger partial charge in [-0.2, -0.15) is 0 Å². The van der Waals surface area contributed by atoms with Crippen LogP contribution in [0.4, 0.5) is 0 Å². The molecule has 1 saturated heterocycles. The van der Waals surface area contributed by atoms with Crippen LogP contribution in [-0.2, 0) is 11.2 Å². The van der Waals surface area contributed by atoms with Crippen LogP contribution < -0.4 is 5.73 Å². The molecule has 2 heterocycles. The summed E-state index contributed by atoms with van der Waals surface area (Å²) in [6, 6.07) is -0.000944. The molecule has 1 fully saturated rings. The standard InChI is InChI=1S/C10H17N3OS/c1-7(11)10-13-12-9(15-10)5-4-8-3-2-6-14-8/h7-8H,2-6,11H2,1H3. The fraction of sp³-hybridized carbons (Fsp3) is 0.800. The molecule has 0 aromatic carbocycles. The van der Waals surface area contributed by atoms with Crippen LogP contribution in [0.1, 0.15) is 42.2 Å². The van der Waals surface area contributed by atoms with E-state index in [4.69, 9.17) is 10.5 Å². The zero-order valence-electron chi connectivity index (χ0n) is 8.98. The summed E-state index contributed by atoms with van der Waals surface area (Å²) in [6.07, 6.45) is 4.86. The Balaban J connectivity index is 1.82. The molecule has 0 amide bonds. The number of ether oxygens (including phenoxy) is 1. The lowest BCUT2D eigenvalue weighted by Crippen LogP contribution is -2.05. The molecule has 1 aromatic rings. The molecule has 2 N–H and O–H groups in total. The van der Waals surface area contributed by atoms with E-state index >= 15 is 0 Å². The SMILES string of the molecule is CC(N)c1nnc(CCC2CCCO2)s1. The minimum absolute atomic E-state index is 0.000944. The second kappa shape index (κ2) is 5.01. The Morgan fingerprint density at radius 2 is 2.47 bits per heavy atom. The van der Waals surface area contributed by atoms with Gasteiger partial charge >= 0.3 is 0 Å². The summed E-state index contributed by atoms with van der Waals surface area (Å²) >= 11 is 1.62. The lowest BCUT2D eigenvalue weighted by atomic mass is 10.1. The largest absolute Gasteiger partial charge is 0.378 e. The Kier molecular flexibility index (Phi) is 3.66. The van der Waals surface area contributed by atoms with E-state index in [9.17, 15) is 0 Å². The second-order valence-corrected chi connectivity index (χ2v) is 5.09. The summed E-state index contributed by atoms with van der Waals surface area (Å²) < 4.78 is 5.56. The monoisotopic (exact) mass is 227 g/mol. The van der Waals surface area contributed by atoms with Crippen molar-refractivity contribution in [1.29, 1.82) is 0 Å². The van der Waals surface area contributed by atoms with Crippen molar-refractivity contribution in [3.63, 3.8) is 0 Å². The molecule has 2 atom stereocenters. The maximum absolute atomic E-state index is 5.73. The normalized spacial score (nSPS) is 23.2. The molecular formula is C10H17N3OS. The van der Waals surface area contributed by atoms with Gasteiger partial charge in [-0.15, -0.1) is 10.2 Å². The molecule has 0 bridgehead atoms. The predicted octanol–water partition coefficient (Wildman–Crippen LogP) is 1.67. The molecular weight excluding hydrogens is 210 g/mol. The highest BCUT2D eigenvalue weighted by Crippen LogP contribution is 2.21. The topological polar surface area (TPSA) is 61.0 Å². The van der Waals surface area contributed by atoms with Crippen LogP contribution in [0, 0.1) is 0 Å². The van der Waals surface area contributed by atoms with Crippen molar-refractivity contribution >= 4 is 11.3 Å². The maximum Gasteiger partial charge on any atom is 0.133 e. The van der Waals surface area contributed by atoms with Crippen molar-refractivity contribution in [2.24, 2.45) is 5.73 Å². The smallest absolute Gasteiger partial charge is 0.133 e. The van der Waals surface area contributed by atoms with Crippen molar-refractivity contribution in [3.8, 4) is 0 Å². The number of aromatic nitrogens is 2. The zero-order valence-corrected chi connectivity index (χ0v) is 9.80. The molecule has 2 unspecified atom stereocenters. The third-order valence-electron chi connectivity index (χ3n) is 2.58. The number of hydrogen-bond donors (Lipinski definition) is 1. The van der Waals surface area contributed by atoms with E-state index in [0.717, 1.165) is 29.5 Å². The number of rotatable bonds is 4. The van der Waals surface area contributed by atoms with E-state index in [1.807, 2.05) is 6.92 Å². The minimum atomic E-state index is -0.000944. The first-order valence-electron chi connectivity index (χ1n) is 5.45. The van der Waals surface area contributed by atoms with Gasteiger partial charge in [0.2, 0.25) is 0 Å². The highest BCUT2D eigenvalue weighted by molar-refractivity contribution is 7.11. The van der Waals surface area contributed by atoms with Gasteiger partial charge in [-0.25, -0.2) is 0 Å². The van der Waals surface area contributed by atoms with Gasteiger partial charge in [-0.3, -0.25) is 0 Å². The van der Waals surface area contributed by atoms with Crippen LogP contribution in [0.15, 0.2) is 0 Å². The van der Waals surface area contributed by atoms with Crippen LogP contribution in [0.5, 0.6) is 0 Å². The minimum Gasteiger partial charge on any atom is -0.378 e. The Morgan fingerprint density at radius 3 is 3.07 bits per heavy atom. The fourth-order valence-electron chi connectivity index (χ4n) is 1.71. The van der Waals surface area contributed by atoms with Gasteiger partial charge in [0.05, 0.1) is 12.1 Å². The molecule has 5 heteroatoms. The van der Waals surface area contributed by atoms with Gasteiger partial charge in [0.15, 0.2) is 0 Å².